The van der Waals surface area contributed by atoms with Gasteiger partial charge in [-0.05, 0) is 55.7 Å². The predicted octanol–water partition coefficient (Wildman–Crippen LogP) is 4.26. The fraction of sp³-hybridized carbons (Fsp3) is 0.273. The summed E-state index contributed by atoms with van der Waals surface area (Å²) in [6, 6.07) is 12.3. The van der Waals surface area contributed by atoms with Crippen LogP contribution in [0.4, 0.5) is 4.39 Å². The molecule has 0 radical (unpaired) electrons. The van der Waals surface area contributed by atoms with E-state index in [4.69, 9.17) is 9.47 Å². The quantitative estimate of drug-likeness (QED) is 0.586. The van der Waals surface area contributed by atoms with Gasteiger partial charge in [-0.15, -0.1) is 11.3 Å². The summed E-state index contributed by atoms with van der Waals surface area (Å²) in [4.78, 5) is 25.0. The summed E-state index contributed by atoms with van der Waals surface area (Å²) in [5, 5.41) is 3.18. The Hall–Kier alpha value is -2.93. The van der Waals surface area contributed by atoms with Gasteiger partial charge < -0.3 is 14.8 Å². The van der Waals surface area contributed by atoms with Crippen LogP contribution in [0.1, 0.15) is 27.7 Å². The zero-order valence-corrected chi connectivity index (χ0v) is 17.3. The molecule has 1 atom stereocenters. The Labute approximate surface area is 172 Å². The van der Waals surface area contributed by atoms with E-state index in [1.807, 2.05) is 24.3 Å². The van der Waals surface area contributed by atoms with E-state index in [0.717, 1.165) is 22.6 Å². The highest BCUT2D eigenvalue weighted by atomic mass is 32.1. The van der Waals surface area contributed by atoms with Crippen LogP contribution < -0.4 is 10.1 Å². The fourth-order valence-electron chi connectivity index (χ4n) is 2.98. The van der Waals surface area contributed by atoms with Crippen molar-refractivity contribution < 1.29 is 23.5 Å². The topological polar surface area (TPSA) is 64.6 Å². The van der Waals surface area contributed by atoms with Crippen LogP contribution in [0.5, 0.6) is 5.75 Å². The van der Waals surface area contributed by atoms with Crippen LogP contribution in [0.3, 0.4) is 0 Å². The summed E-state index contributed by atoms with van der Waals surface area (Å²) in [6.45, 7) is 3.61. The van der Waals surface area contributed by atoms with Crippen LogP contribution in [-0.4, -0.2) is 31.6 Å². The molecule has 0 saturated heterocycles. The molecular formula is C22H22FNO4S. The van der Waals surface area contributed by atoms with E-state index in [-0.39, 0.29) is 11.7 Å². The van der Waals surface area contributed by atoms with Crippen LogP contribution in [0.25, 0.3) is 10.1 Å². The van der Waals surface area contributed by atoms with Crippen molar-refractivity contribution in [2.24, 2.45) is 0 Å². The molecule has 152 valence electrons. The lowest BCUT2D eigenvalue weighted by Crippen LogP contribution is -2.36. The average molecular weight is 415 g/mol. The minimum atomic E-state index is -0.951. The Morgan fingerprint density at radius 2 is 1.90 bits per heavy atom. The minimum Gasteiger partial charge on any atom is -0.497 e. The summed E-state index contributed by atoms with van der Waals surface area (Å²) in [5.74, 6) is -0.605. The molecule has 29 heavy (non-hydrogen) atoms. The third-order valence-corrected chi connectivity index (χ3v) is 5.85. The zero-order valence-electron chi connectivity index (χ0n) is 16.5. The van der Waals surface area contributed by atoms with Crippen molar-refractivity contribution >= 4 is 33.3 Å². The van der Waals surface area contributed by atoms with Crippen molar-refractivity contribution in [3.8, 4) is 5.75 Å². The van der Waals surface area contributed by atoms with Crippen LogP contribution in [0.2, 0.25) is 0 Å². The number of rotatable bonds is 7. The monoisotopic (exact) mass is 415 g/mol. The maximum absolute atomic E-state index is 14.0. The highest BCUT2D eigenvalue weighted by Crippen LogP contribution is 2.33. The van der Waals surface area contributed by atoms with Crippen LogP contribution in [0, 0.1) is 12.7 Å². The number of fused-ring (bicyclic) bond motifs is 1. The van der Waals surface area contributed by atoms with Crippen molar-refractivity contribution in [2.45, 2.75) is 26.4 Å². The number of hydrogen-bond donors (Lipinski definition) is 1. The SMILES string of the molecule is COc1ccc(CCNC(=O)[C@@H](C)OC(=O)c2sc3cccc(F)c3c2C)cc1. The molecule has 3 aromatic rings. The van der Waals surface area contributed by atoms with Crippen molar-refractivity contribution in [3.05, 3.63) is 64.3 Å². The molecule has 1 N–H and O–H groups in total. The number of thiophene rings is 1. The zero-order chi connectivity index (χ0) is 21.0. The van der Waals surface area contributed by atoms with Gasteiger partial charge in [-0.2, -0.15) is 0 Å². The first kappa shape index (κ1) is 20.8. The van der Waals surface area contributed by atoms with Gasteiger partial charge in [0.15, 0.2) is 6.10 Å². The Morgan fingerprint density at radius 3 is 2.55 bits per heavy atom. The number of benzene rings is 2. The van der Waals surface area contributed by atoms with Gasteiger partial charge in [0.2, 0.25) is 0 Å². The van der Waals surface area contributed by atoms with Crippen LogP contribution >= 0.6 is 11.3 Å². The first-order valence-corrected chi connectivity index (χ1v) is 10.0. The highest BCUT2D eigenvalue weighted by molar-refractivity contribution is 7.21. The summed E-state index contributed by atoms with van der Waals surface area (Å²) >= 11 is 1.16. The van der Waals surface area contributed by atoms with Crippen molar-refractivity contribution in [3.63, 3.8) is 0 Å². The van der Waals surface area contributed by atoms with Gasteiger partial charge in [0.05, 0.1) is 7.11 Å². The second-order valence-electron chi connectivity index (χ2n) is 6.61. The largest absolute Gasteiger partial charge is 0.497 e. The molecule has 0 bridgehead atoms. The molecule has 3 rings (SSSR count). The van der Waals surface area contributed by atoms with E-state index < -0.39 is 12.1 Å². The number of amides is 1. The standard InChI is InChI=1S/C22H22FNO4S/c1-13-19-17(23)5-4-6-18(19)29-20(13)22(26)28-14(2)21(25)24-12-11-15-7-9-16(27-3)10-8-15/h4-10,14H,11-12H2,1-3H3,(H,24,25)/t14-/m1/s1. The molecular weight excluding hydrogens is 393 g/mol. The normalized spacial score (nSPS) is 11.9. The molecule has 0 fully saturated rings. The first-order chi connectivity index (χ1) is 13.9. The van der Waals surface area contributed by atoms with E-state index in [0.29, 0.717) is 33.5 Å². The van der Waals surface area contributed by atoms with Crippen LogP contribution in [-0.2, 0) is 16.0 Å². The van der Waals surface area contributed by atoms with Gasteiger partial charge in [-0.25, -0.2) is 9.18 Å². The van der Waals surface area contributed by atoms with E-state index >= 15 is 0 Å². The number of hydrogen-bond acceptors (Lipinski definition) is 5. The lowest BCUT2D eigenvalue weighted by Gasteiger charge is -2.13. The third kappa shape index (κ3) is 4.74. The number of nitrogens with one attached hydrogen (secondary N) is 1. The number of methoxy groups -OCH3 is 1. The molecule has 2 aromatic carbocycles. The number of aryl methyl sites for hydroxylation is 1. The molecule has 5 nitrogen and oxygen atoms in total. The average Bonchev–Trinajstić information content (AvgIpc) is 3.06. The fourth-order valence-corrected chi connectivity index (χ4v) is 4.09. The van der Waals surface area contributed by atoms with E-state index in [1.165, 1.54) is 13.0 Å². The van der Waals surface area contributed by atoms with Gasteiger partial charge >= 0.3 is 5.97 Å². The summed E-state index contributed by atoms with van der Waals surface area (Å²) in [5.41, 5.74) is 1.58. The lowest BCUT2D eigenvalue weighted by atomic mass is 10.1. The van der Waals surface area contributed by atoms with E-state index in [2.05, 4.69) is 5.32 Å². The summed E-state index contributed by atoms with van der Waals surface area (Å²) < 4.78 is 25.1. The highest BCUT2D eigenvalue weighted by Gasteiger charge is 2.23. The molecule has 0 aliphatic heterocycles. The lowest BCUT2D eigenvalue weighted by molar-refractivity contribution is -0.129. The Kier molecular flexibility index (Phi) is 6.49. The molecule has 1 amide bonds. The number of halogens is 1. The van der Waals surface area contributed by atoms with Gasteiger partial charge in [0.1, 0.15) is 16.4 Å². The molecule has 0 saturated carbocycles. The Morgan fingerprint density at radius 1 is 1.17 bits per heavy atom. The van der Waals surface area contributed by atoms with Gasteiger partial charge in [-0.3, -0.25) is 4.79 Å². The van der Waals surface area contributed by atoms with E-state index in [1.54, 1.807) is 26.2 Å². The van der Waals surface area contributed by atoms with Gasteiger partial charge in [0.25, 0.3) is 5.91 Å². The van der Waals surface area contributed by atoms with Gasteiger partial charge in [0, 0.05) is 16.6 Å². The number of esters is 1. The Bertz CT molecular complexity index is 1030. The Balaban J connectivity index is 1.55. The maximum Gasteiger partial charge on any atom is 0.349 e. The molecule has 1 aromatic heterocycles. The van der Waals surface area contributed by atoms with E-state index in [9.17, 15) is 14.0 Å². The summed E-state index contributed by atoms with van der Waals surface area (Å²) in [6.07, 6.45) is -0.307. The number of carbonyl (C=O) groups is 2. The molecule has 1 heterocycles. The molecule has 0 aliphatic carbocycles. The van der Waals surface area contributed by atoms with Gasteiger partial charge in [-0.1, -0.05) is 18.2 Å². The number of ether oxygens (including phenoxy) is 2. The second-order valence-corrected chi connectivity index (χ2v) is 7.66. The molecule has 0 spiro atoms. The first-order valence-electron chi connectivity index (χ1n) is 9.20. The summed E-state index contributed by atoms with van der Waals surface area (Å²) in [7, 11) is 1.61. The van der Waals surface area contributed by atoms with Crippen molar-refractivity contribution in [1.29, 1.82) is 0 Å². The van der Waals surface area contributed by atoms with Crippen molar-refractivity contribution in [1.82, 2.24) is 5.32 Å². The molecule has 0 unspecified atom stereocenters. The smallest absolute Gasteiger partial charge is 0.349 e. The second kappa shape index (κ2) is 9.05. The number of carbonyl (C=O) groups excluding carboxylic acids is 2. The van der Waals surface area contributed by atoms with Crippen molar-refractivity contribution in [2.75, 3.05) is 13.7 Å². The molecule has 0 aliphatic rings. The van der Waals surface area contributed by atoms with Crippen LogP contribution in [0.15, 0.2) is 42.5 Å². The predicted molar refractivity (Wildman–Crippen MR) is 111 cm³/mol. The maximum atomic E-state index is 14.0. The molecule has 7 heteroatoms. The third-order valence-electron chi connectivity index (χ3n) is 4.61. The minimum absolute atomic E-state index is 0.308.